The van der Waals surface area contributed by atoms with Crippen LogP contribution in [0.5, 0.6) is 0 Å². The number of nitrogens with one attached hydrogen (secondary N) is 1. The number of carboxylic acid groups (broad SMARTS) is 1. The number of rotatable bonds is 2. The van der Waals surface area contributed by atoms with Crippen LogP contribution < -0.4 is 5.32 Å². The van der Waals surface area contributed by atoms with E-state index in [1.165, 1.54) is 0 Å². The molecule has 4 unspecified atom stereocenters. The zero-order valence-electron chi connectivity index (χ0n) is 7.23. The third-order valence-electron chi connectivity index (χ3n) is 3.43. The van der Waals surface area contributed by atoms with E-state index in [4.69, 9.17) is 10.4 Å². The summed E-state index contributed by atoms with van der Waals surface area (Å²) in [6, 6.07) is -0.110. The van der Waals surface area contributed by atoms with Gasteiger partial charge in [0, 0.05) is 0 Å². The van der Waals surface area contributed by atoms with Crippen molar-refractivity contribution in [3.05, 3.63) is 0 Å². The number of carbonyl (C=O) groups is 1. The summed E-state index contributed by atoms with van der Waals surface area (Å²) in [4.78, 5) is 10.9. The molecule has 0 spiro atoms. The van der Waals surface area contributed by atoms with Gasteiger partial charge in [-0.25, -0.2) is 0 Å². The molecule has 0 saturated heterocycles. The first kappa shape index (κ1) is 8.36. The molecule has 0 radical (unpaired) electrons. The molecular formula is C9H12N2O2. The maximum atomic E-state index is 10.9. The third kappa shape index (κ3) is 1.15. The SMILES string of the molecule is N#CNC1C2CCC(C2)C1C(=O)O. The van der Waals surface area contributed by atoms with Crippen molar-refractivity contribution < 1.29 is 9.90 Å². The molecule has 2 N–H and O–H groups in total. The Balaban J connectivity index is 2.16. The summed E-state index contributed by atoms with van der Waals surface area (Å²) in [5.41, 5.74) is 0. The van der Waals surface area contributed by atoms with Crippen LogP contribution in [-0.2, 0) is 4.79 Å². The Morgan fingerprint density at radius 2 is 2.15 bits per heavy atom. The van der Waals surface area contributed by atoms with Crippen molar-refractivity contribution in [3.63, 3.8) is 0 Å². The van der Waals surface area contributed by atoms with Crippen molar-refractivity contribution >= 4 is 5.97 Å². The van der Waals surface area contributed by atoms with Crippen molar-refractivity contribution in [2.24, 2.45) is 17.8 Å². The highest BCUT2D eigenvalue weighted by atomic mass is 16.4. The minimum Gasteiger partial charge on any atom is -0.481 e. The summed E-state index contributed by atoms with van der Waals surface area (Å²) >= 11 is 0. The highest BCUT2D eigenvalue weighted by molar-refractivity contribution is 5.72. The molecule has 2 fully saturated rings. The number of nitrogens with zero attached hydrogens (tertiary/aromatic N) is 1. The molecule has 2 aliphatic carbocycles. The summed E-state index contributed by atoms with van der Waals surface area (Å²) in [5.74, 6) is -0.377. The number of carboxylic acids is 1. The van der Waals surface area contributed by atoms with E-state index >= 15 is 0 Å². The molecule has 2 aliphatic rings. The fraction of sp³-hybridized carbons (Fsp3) is 0.778. The standard InChI is InChI=1S/C9H12N2O2/c10-4-11-8-6-2-1-5(3-6)7(8)9(12)13/h5-8,11H,1-3H2,(H,12,13). The van der Waals surface area contributed by atoms with Gasteiger partial charge < -0.3 is 10.4 Å². The highest BCUT2D eigenvalue weighted by Gasteiger charge is 2.51. The van der Waals surface area contributed by atoms with Crippen LogP contribution in [0.25, 0.3) is 0 Å². The summed E-state index contributed by atoms with van der Waals surface area (Å²) in [6.07, 6.45) is 4.94. The molecule has 2 saturated carbocycles. The summed E-state index contributed by atoms with van der Waals surface area (Å²) in [5, 5.41) is 20.1. The zero-order chi connectivity index (χ0) is 9.42. The van der Waals surface area contributed by atoms with Crippen LogP contribution in [0.15, 0.2) is 0 Å². The Labute approximate surface area is 76.5 Å². The number of hydrogen-bond donors (Lipinski definition) is 2. The summed E-state index contributed by atoms with van der Waals surface area (Å²) < 4.78 is 0. The van der Waals surface area contributed by atoms with Gasteiger partial charge in [0.25, 0.3) is 0 Å². The van der Waals surface area contributed by atoms with Gasteiger partial charge >= 0.3 is 5.97 Å². The Hall–Kier alpha value is -1.24. The van der Waals surface area contributed by atoms with Crippen molar-refractivity contribution in [2.75, 3.05) is 0 Å². The van der Waals surface area contributed by atoms with E-state index in [1.807, 2.05) is 6.19 Å². The first-order chi connectivity index (χ1) is 6.24. The second kappa shape index (κ2) is 2.91. The molecule has 0 aromatic heterocycles. The van der Waals surface area contributed by atoms with E-state index in [1.54, 1.807) is 0 Å². The smallest absolute Gasteiger partial charge is 0.308 e. The second-order valence-corrected chi connectivity index (χ2v) is 3.98. The molecule has 2 bridgehead atoms. The molecule has 4 heteroatoms. The maximum Gasteiger partial charge on any atom is 0.308 e. The van der Waals surface area contributed by atoms with Crippen molar-refractivity contribution in [3.8, 4) is 6.19 Å². The predicted molar refractivity (Wildman–Crippen MR) is 44.5 cm³/mol. The van der Waals surface area contributed by atoms with Gasteiger partial charge in [-0.15, -0.1) is 0 Å². The predicted octanol–water partition coefficient (Wildman–Crippen LogP) is 0.556. The molecule has 70 valence electrons. The average molecular weight is 180 g/mol. The van der Waals surface area contributed by atoms with E-state index in [0.29, 0.717) is 11.8 Å². The molecule has 0 aromatic rings. The Kier molecular flexibility index (Phi) is 1.87. The Morgan fingerprint density at radius 3 is 2.77 bits per heavy atom. The normalized spacial score (nSPS) is 41.5. The van der Waals surface area contributed by atoms with Crippen LogP contribution in [0.4, 0.5) is 0 Å². The molecule has 2 rings (SSSR count). The van der Waals surface area contributed by atoms with E-state index in [0.717, 1.165) is 19.3 Å². The lowest BCUT2D eigenvalue weighted by molar-refractivity contribution is -0.144. The van der Waals surface area contributed by atoms with Crippen LogP contribution >= 0.6 is 0 Å². The fourth-order valence-corrected chi connectivity index (χ4v) is 2.93. The zero-order valence-corrected chi connectivity index (χ0v) is 7.23. The Morgan fingerprint density at radius 1 is 1.46 bits per heavy atom. The average Bonchev–Trinajstić information content (AvgIpc) is 2.63. The third-order valence-corrected chi connectivity index (χ3v) is 3.43. The second-order valence-electron chi connectivity index (χ2n) is 3.98. The lowest BCUT2D eigenvalue weighted by atomic mass is 9.84. The van der Waals surface area contributed by atoms with Crippen LogP contribution in [0, 0.1) is 29.2 Å². The topological polar surface area (TPSA) is 73.1 Å². The first-order valence-corrected chi connectivity index (χ1v) is 4.61. The Bertz CT molecular complexity index is 271. The number of aliphatic carboxylic acids is 1. The molecule has 13 heavy (non-hydrogen) atoms. The quantitative estimate of drug-likeness (QED) is 0.481. The first-order valence-electron chi connectivity index (χ1n) is 4.61. The van der Waals surface area contributed by atoms with Crippen molar-refractivity contribution in [1.82, 2.24) is 5.32 Å². The van der Waals surface area contributed by atoms with Gasteiger partial charge in [-0.2, -0.15) is 5.26 Å². The van der Waals surface area contributed by atoms with Gasteiger partial charge in [0.2, 0.25) is 0 Å². The van der Waals surface area contributed by atoms with Crippen LogP contribution in [0.1, 0.15) is 19.3 Å². The fourth-order valence-electron chi connectivity index (χ4n) is 2.93. The minimum absolute atomic E-state index is 0.110. The van der Waals surface area contributed by atoms with Crippen molar-refractivity contribution in [1.29, 1.82) is 5.26 Å². The molecule has 0 amide bonds. The molecular weight excluding hydrogens is 168 g/mol. The molecule has 4 atom stereocenters. The van der Waals surface area contributed by atoms with Crippen molar-refractivity contribution in [2.45, 2.75) is 25.3 Å². The molecule has 0 heterocycles. The van der Waals surface area contributed by atoms with E-state index in [-0.39, 0.29) is 12.0 Å². The van der Waals surface area contributed by atoms with Gasteiger partial charge in [-0.3, -0.25) is 4.79 Å². The molecule has 4 nitrogen and oxygen atoms in total. The highest BCUT2D eigenvalue weighted by Crippen LogP contribution is 2.48. The van der Waals surface area contributed by atoms with Crippen LogP contribution in [-0.4, -0.2) is 17.1 Å². The van der Waals surface area contributed by atoms with Crippen LogP contribution in [0.2, 0.25) is 0 Å². The van der Waals surface area contributed by atoms with E-state index < -0.39 is 5.97 Å². The van der Waals surface area contributed by atoms with E-state index in [2.05, 4.69) is 5.32 Å². The molecule has 0 aromatic carbocycles. The van der Waals surface area contributed by atoms with Gasteiger partial charge in [0.15, 0.2) is 6.19 Å². The lowest BCUT2D eigenvalue weighted by Crippen LogP contribution is -2.42. The number of nitriles is 1. The molecule has 0 aliphatic heterocycles. The van der Waals surface area contributed by atoms with Gasteiger partial charge in [-0.1, -0.05) is 0 Å². The maximum absolute atomic E-state index is 10.9. The minimum atomic E-state index is -0.750. The van der Waals surface area contributed by atoms with Gasteiger partial charge in [0.05, 0.1) is 12.0 Å². The van der Waals surface area contributed by atoms with Gasteiger partial charge in [0.1, 0.15) is 0 Å². The summed E-state index contributed by atoms with van der Waals surface area (Å²) in [6.45, 7) is 0. The monoisotopic (exact) mass is 180 g/mol. The lowest BCUT2D eigenvalue weighted by Gasteiger charge is -2.26. The number of fused-ring (bicyclic) bond motifs is 2. The largest absolute Gasteiger partial charge is 0.481 e. The number of hydrogen-bond acceptors (Lipinski definition) is 3. The van der Waals surface area contributed by atoms with Crippen LogP contribution in [0.3, 0.4) is 0 Å². The van der Waals surface area contributed by atoms with E-state index in [9.17, 15) is 4.79 Å². The summed E-state index contributed by atoms with van der Waals surface area (Å²) in [7, 11) is 0. The van der Waals surface area contributed by atoms with Gasteiger partial charge in [-0.05, 0) is 31.1 Å².